The van der Waals surface area contributed by atoms with Crippen LogP contribution in [-0.4, -0.2) is 89.3 Å². The highest BCUT2D eigenvalue weighted by atomic mass is 32.2. The molecule has 1 saturated heterocycles. The Morgan fingerprint density at radius 1 is 1.10 bits per heavy atom. The smallest absolute Gasteiger partial charge is 0.408 e. The van der Waals surface area contributed by atoms with Gasteiger partial charge in [0, 0.05) is 12.3 Å². The summed E-state index contributed by atoms with van der Waals surface area (Å²) in [5.41, 5.74) is -2.03. The highest BCUT2D eigenvalue weighted by Gasteiger charge is 2.62. The zero-order chi connectivity index (χ0) is 37.1. The first-order chi connectivity index (χ1) is 24.0. The van der Waals surface area contributed by atoms with E-state index in [1.165, 1.54) is 17.0 Å². The van der Waals surface area contributed by atoms with Crippen LogP contribution in [0.3, 0.4) is 0 Å². The molecule has 1 aromatic heterocycles. The van der Waals surface area contributed by atoms with E-state index in [2.05, 4.69) is 25.7 Å². The van der Waals surface area contributed by atoms with E-state index in [-0.39, 0.29) is 25.8 Å². The molecule has 15 nitrogen and oxygen atoms in total. The van der Waals surface area contributed by atoms with Crippen LogP contribution in [0.2, 0.25) is 0 Å². The molecule has 17 heteroatoms. The van der Waals surface area contributed by atoms with Gasteiger partial charge in [-0.1, -0.05) is 25.0 Å². The number of carbonyl (C=O) groups is 5. The molecule has 3 heterocycles. The summed E-state index contributed by atoms with van der Waals surface area (Å²) in [6, 6.07) is -0.371. The summed E-state index contributed by atoms with van der Waals surface area (Å²) in [7, 11) is -3.92. The number of sulfonamides is 1. The second kappa shape index (κ2) is 15.1. The van der Waals surface area contributed by atoms with Crippen LogP contribution in [0.5, 0.6) is 0 Å². The second-order valence-corrected chi connectivity index (χ2v) is 16.7. The molecule has 6 atom stereocenters. The molecule has 51 heavy (non-hydrogen) atoms. The maximum absolute atomic E-state index is 14.2. The molecule has 0 unspecified atom stereocenters. The first-order valence-electron chi connectivity index (χ1n) is 17.4. The van der Waals surface area contributed by atoms with Crippen LogP contribution in [0, 0.1) is 11.7 Å². The third-order valence-corrected chi connectivity index (χ3v) is 11.2. The minimum atomic E-state index is -3.92. The maximum Gasteiger partial charge on any atom is 0.408 e. The Morgan fingerprint density at radius 3 is 2.51 bits per heavy atom. The van der Waals surface area contributed by atoms with Crippen molar-refractivity contribution in [1.29, 1.82) is 0 Å². The number of fused-ring (bicyclic) bond motifs is 2. The molecule has 5 amide bonds. The van der Waals surface area contributed by atoms with Crippen LogP contribution in [0.1, 0.15) is 97.2 Å². The van der Waals surface area contributed by atoms with Crippen LogP contribution < -0.4 is 20.7 Å². The second-order valence-electron chi connectivity index (χ2n) is 14.7. The van der Waals surface area contributed by atoms with Crippen molar-refractivity contribution >= 4 is 39.9 Å². The van der Waals surface area contributed by atoms with Crippen molar-refractivity contribution in [3.05, 3.63) is 42.0 Å². The predicted molar refractivity (Wildman–Crippen MR) is 181 cm³/mol. The Labute approximate surface area is 296 Å². The number of pyridine rings is 1. The number of ether oxygens (including phenoxy) is 2. The molecule has 4 N–H and O–H groups in total. The Balaban J connectivity index is 1.39. The Hall–Kier alpha value is -4.28. The third kappa shape index (κ3) is 9.74. The van der Waals surface area contributed by atoms with Gasteiger partial charge in [0.05, 0.1) is 29.7 Å². The van der Waals surface area contributed by atoms with Crippen molar-refractivity contribution in [2.75, 3.05) is 6.54 Å². The Morgan fingerprint density at radius 2 is 1.84 bits per heavy atom. The van der Waals surface area contributed by atoms with E-state index >= 15 is 0 Å². The number of hydrogen-bond donors (Lipinski definition) is 4. The Bertz CT molecular complexity index is 1650. The standard InChI is InChI=1S/C34H47FN6O9S/c1-20(25-15-12-22(35)18-36-25)37-31(45)49-23-16-27-28(42)39-34(30(44)40-51(47,48)24-13-14-24)17-21(34)10-8-6-5-7-9-11-26(29(43)41(27)19-23)38-32(46)50-33(2,3)4/h8,10,12,15,18,20-21,23-24,26-27H,5-7,9,11,13-14,16-17,19H2,1-4H3,(H,37,45)(H,38,46)(H,39,42)(H,40,44)/b10-8-/t20-,21-,23+,26-,27-,34-/m0/s1. The Kier molecular flexibility index (Phi) is 11.3. The van der Waals surface area contributed by atoms with Crippen molar-refractivity contribution in [3.8, 4) is 0 Å². The van der Waals surface area contributed by atoms with E-state index in [9.17, 15) is 36.8 Å². The van der Waals surface area contributed by atoms with Crippen LogP contribution >= 0.6 is 0 Å². The predicted octanol–water partition coefficient (Wildman–Crippen LogP) is 2.87. The van der Waals surface area contributed by atoms with E-state index < -0.39 is 92.3 Å². The number of rotatable bonds is 7. The first kappa shape index (κ1) is 38.0. The molecular formula is C34H47FN6O9S. The minimum absolute atomic E-state index is 0.147. The van der Waals surface area contributed by atoms with E-state index in [1.54, 1.807) is 33.8 Å². The number of allylic oxidation sites excluding steroid dienone is 1. The topological polar surface area (TPSA) is 202 Å². The molecular weight excluding hydrogens is 687 g/mol. The van der Waals surface area contributed by atoms with Gasteiger partial charge in [-0.2, -0.15) is 0 Å². The lowest BCUT2D eigenvalue weighted by Gasteiger charge is -2.30. The number of nitrogens with zero attached hydrogens (tertiary/aromatic N) is 2. The van der Waals surface area contributed by atoms with Gasteiger partial charge >= 0.3 is 12.2 Å². The van der Waals surface area contributed by atoms with Crippen LogP contribution in [0.4, 0.5) is 14.0 Å². The zero-order valence-electron chi connectivity index (χ0n) is 29.3. The van der Waals surface area contributed by atoms with Gasteiger partial charge in [-0.15, -0.1) is 0 Å². The molecule has 2 saturated carbocycles. The van der Waals surface area contributed by atoms with Gasteiger partial charge < -0.3 is 30.3 Å². The molecule has 2 aliphatic carbocycles. The van der Waals surface area contributed by atoms with Crippen molar-refractivity contribution in [1.82, 2.24) is 30.6 Å². The highest BCUT2D eigenvalue weighted by molar-refractivity contribution is 7.91. The summed E-state index contributed by atoms with van der Waals surface area (Å²) >= 11 is 0. The zero-order valence-corrected chi connectivity index (χ0v) is 30.1. The van der Waals surface area contributed by atoms with E-state index in [4.69, 9.17) is 9.47 Å². The van der Waals surface area contributed by atoms with Gasteiger partial charge in [-0.05, 0) is 78.4 Å². The molecule has 0 spiro atoms. The van der Waals surface area contributed by atoms with E-state index in [1.807, 2.05) is 6.08 Å². The fraction of sp³-hybridized carbons (Fsp3) is 0.647. The van der Waals surface area contributed by atoms with Crippen LogP contribution in [0.15, 0.2) is 30.5 Å². The number of alkyl carbamates (subject to hydrolysis) is 2. The van der Waals surface area contributed by atoms with Gasteiger partial charge in [0.25, 0.3) is 5.91 Å². The molecule has 0 bridgehead atoms. The molecule has 3 fully saturated rings. The molecule has 1 aromatic rings. The van der Waals surface area contributed by atoms with Gasteiger partial charge in [0.1, 0.15) is 35.1 Å². The van der Waals surface area contributed by atoms with E-state index in [0.717, 1.165) is 12.6 Å². The number of amides is 5. The summed E-state index contributed by atoms with van der Waals surface area (Å²) in [6.45, 7) is 6.47. The fourth-order valence-electron chi connectivity index (χ4n) is 6.38. The van der Waals surface area contributed by atoms with Crippen molar-refractivity contribution < 1.29 is 46.3 Å². The van der Waals surface area contributed by atoms with Crippen LogP contribution in [-0.2, 0) is 33.9 Å². The van der Waals surface area contributed by atoms with Gasteiger partial charge in [0.2, 0.25) is 21.8 Å². The first-order valence-corrected chi connectivity index (χ1v) is 19.0. The number of carbonyl (C=O) groups excluding carboxylic acids is 5. The lowest BCUT2D eigenvalue weighted by molar-refractivity contribution is -0.141. The van der Waals surface area contributed by atoms with Gasteiger partial charge in [-0.25, -0.2) is 22.4 Å². The lowest BCUT2D eigenvalue weighted by Crippen LogP contribution is -2.58. The van der Waals surface area contributed by atoms with Crippen molar-refractivity contribution in [2.45, 2.75) is 126 Å². The number of hydrogen-bond acceptors (Lipinski definition) is 10. The number of aromatic nitrogens is 1. The number of halogens is 1. The summed E-state index contributed by atoms with van der Waals surface area (Å²) in [5.74, 6) is -3.21. The van der Waals surface area contributed by atoms with Crippen molar-refractivity contribution in [3.63, 3.8) is 0 Å². The summed E-state index contributed by atoms with van der Waals surface area (Å²) in [6.07, 6.45) is 5.89. The maximum atomic E-state index is 14.2. The number of nitrogens with one attached hydrogen (secondary N) is 4. The average Bonchev–Trinajstić information content (AvgIpc) is 3.96. The van der Waals surface area contributed by atoms with Crippen molar-refractivity contribution in [2.24, 2.45) is 5.92 Å². The summed E-state index contributed by atoms with van der Waals surface area (Å²) in [5, 5.41) is 7.37. The summed E-state index contributed by atoms with van der Waals surface area (Å²) < 4.78 is 52.0. The largest absolute Gasteiger partial charge is 0.444 e. The monoisotopic (exact) mass is 734 g/mol. The third-order valence-electron chi connectivity index (χ3n) is 9.34. The molecule has 0 aromatic carbocycles. The lowest BCUT2D eigenvalue weighted by atomic mass is 10.0. The molecule has 2 aliphatic heterocycles. The van der Waals surface area contributed by atoms with E-state index in [0.29, 0.717) is 37.8 Å². The SMILES string of the molecule is C[C@H](NC(=O)O[C@@H]1C[C@H]2C(=O)N[C@@]3(C(=O)NS(=O)(=O)C4CC4)C[C@@H]3/C=C\CCCCC[C@H](NC(=O)OC(C)(C)C)C(=O)N2C1)c1ccc(F)cn1. The highest BCUT2D eigenvalue weighted by Crippen LogP contribution is 2.46. The van der Waals surface area contributed by atoms with Gasteiger partial charge in [-0.3, -0.25) is 24.1 Å². The molecule has 5 rings (SSSR count). The minimum Gasteiger partial charge on any atom is -0.444 e. The molecule has 280 valence electrons. The molecule has 0 radical (unpaired) electrons. The van der Waals surface area contributed by atoms with Crippen LogP contribution in [0.25, 0.3) is 0 Å². The van der Waals surface area contributed by atoms with Gasteiger partial charge in [0.15, 0.2) is 0 Å². The average molecular weight is 735 g/mol. The fourth-order valence-corrected chi connectivity index (χ4v) is 7.74. The summed E-state index contributed by atoms with van der Waals surface area (Å²) in [4.78, 5) is 72.9. The quantitative estimate of drug-likeness (QED) is 0.302. The molecule has 4 aliphatic rings. The normalized spacial score (nSPS) is 28.4.